The fourth-order valence-electron chi connectivity index (χ4n) is 5.96. The molecule has 28 heavy (non-hydrogen) atoms. The smallest absolute Gasteiger partial charge is 0.302 e. The first-order chi connectivity index (χ1) is 13.2. The van der Waals surface area contributed by atoms with E-state index >= 15 is 0 Å². The van der Waals surface area contributed by atoms with E-state index in [0.29, 0.717) is 37.7 Å². The lowest BCUT2D eigenvalue weighted by molar-refractivity contribution is -0.160. The van der Waals surface area contributed by atoms with Gasteiger partial charge in [0.05, 0.1) is 24.4 Å². The molecule has 6 nitrogen and oxygen atoms in total. The Kier molecular flexibility index (Phi) is 6.30. The van der Waals surface area contributed by atoms with E-state index in [2.05, 4.69) is 13.8 Å². The zero-order valence-electron chi connectivity index (χ0n) is 17.7. The number of rotatable bonds is 6. The van der Waals surface area contributed by atoms with E-state index in [0.717, 1.165) is 12.7 Å². The molecule has 0 bridgehead atoms. The maximum Gasteiger partial charge on any atom is 0.302 e. The molecule has 9 atom stereocenters. The lowest BCUT2D eigenvalue weighted by Gasteiger charge is -2.46. The van der Waals surface area contributed by atoms with Crippen LogP contribution in [-0.4, -0.2) is 48.6 Å². The van der Waals surface area contributed by atoms with Gasteiger partial charge in [0.1, 0.15) is 18.2 Å². The molecule has 3 rings (SSSR count). The quantitative estimate of drug-likeness (QED) is 0.509. The minimum atomic E-state index is -0.584. The van der Waals surface area contributed by atoms with Crippen LogP contribution in [0.25, 0.3) is 0 Å². The van der Waals surface area contributed by atoms with Crippen LogP contribution < -0.4 is 0 Å². The largest absolute Gasteiger partial charge is 0.462 e. The Balaban J connectivity index is 2.02. The van der Waals surface area contributed by atoms with Crippen molar-refractivity contribution in [1.82, 2.24) is 0 Å². The van der Waals surface area contributed by atoms with Crippen LogP contribution in [0.3, 0.4) is 0 Å². The minimum absolute atomic E-state index is 0.0220. The fourth-order valence-corrected chi connectivity index (χ4v) is 5.96. The maximum absolute atomic E-state index is 12.0. The highest BCUT2D eigenvalue weighted by atomic mass is 16.6. The highest BCUT2D eigenvalue weighted by molar-refractivity contribution is 5.76. The second kappa shape index (κ2) is 8.23. The van der Waals surface area contributed by atoms with Crippen LogP contribution in [0, 0.1) is 29.6 Å². The molecule has 1 saturated carbocycles. The molecule has 0 unspecified atom stereocenters. The Bertz CT molecular complexity index is 618. The molecule has 2 heterocycles. The van der Waals surface area contributed by atoms with Crippen LogP contribution in [0.1, 0.15) is 60.3 Å². The number of carbonyl (C=O) groups excluding carboxylic acids is 3. The standard InChI is InChI=1S/C22H34O6/c1-12-9-16-13(2)11-26-22(5,7-6-8-23)21-18(16)19(20(12)27-15(4)25)17(28-21)10-14(3)24/h8,12-13,16-21H,6-7,9-11H2,1-5H3/t12-,13+,16+,17+,18+,19+,20-,21+,22+/m1/s1. The van der Waals surface area contributed by atoms with Gasteiger partial charge in [0, 0.05) is 25.7 Å². The number of Topliss-reactive ketones (excluding diaryl/α,β-unsaturated/α-hetero) is 1. The molecule has 0 spiro atoms. The van der Waals surface area contributed by atoms with E-state index in [9.17, 15) is 14.4 Å². The third kappa shape index (κ3) is 3.90. The molecular weight excluding hydrogens is 360 g/mol. The second-order valence-electron chi connectivity index (χ2n) is 9.41. The van der Waals surface area contributed by atoms with Gasteiger partial charge in [0.25, 0.3) is 0 Å². The van der Waals surface area contributed by atoms with E-state index < -0.39 is 5.60 Å². The highest BCUT2D eigenvalue weighted by Crippen LogP contribution is 2.56. The summed E-state index contributed by atoms with van der Waals surface area (Å²) in [5.74, 6) is 0.836. The summed E-state index contributed by atoms with van der Waals surface area (Å²) < 4.78 is 18.7. The third-order valence-electron chi connectivity index (χ3n) is 7.18. The first-order valence-electron chi connectivity index (χ1n) is 10.6. The summed E-state index contributed by atoms with van der Waals surface area (Å²) in [4.78, 5) is 34.9. The van der Waals surface area contributed by atoms with Crippen LogP contribution in [0.5, 0.6) is 0 Å². The number of esters is 1. The van der Waals surface area contributed by atoms with Crippen molar-refractivity contribution in [3.8, 4) is 0 Å². The summed E-state index contributed by atoms with van der Waals surface area (Å²) >= 11 is 0. The normalized spacial score (nSPS) is 45.0. The zero-order chi connectivity index (χ0) is 20.6. The van der Waals surface area contributed by atoms with Gasteiger partial charge in [-0.3, -0.25) is 9.59 Å². The van der Waals surface area contributed by atoms with Gasteiger partial charge < -0.3 is 19.0 Å². The average Bonchev–Trinajstić information content (AvgIpc) is 2.94. The van der Waals surface area contributed by atoms with Crippen LogP contribution in [-0.2, 0) is 28.6 Å². The van der Waals surface area contributed by atoms with E-state index in [-0.39, 0.29) is 47.8 Å². The Morgan fingerprint density at radius 3 is 2.50 bits per heavy atom. The molecule has 0 aromatic carbocycles. The second-order valence-corrected chi connectivity index (χ2v) is 9.41. The van der Waals surface area contributed by atoms with Gasteiger partial charge in [0.2, 0.25) is 0 Å². The molecule has 3 aliphatic rings. The molecule has 0 radical (unpaired) electrons. The molecule has 2 aliphatic heterocycles. The molecule has 3 fully saturated rings. The predicted molar refractivity (Wildman–Crippen MR) is 103 cm³/mol. The third-order valence-corrected chi connectivity index (χ3v) is 7.18. The number of ether oxygens (including phenoxy) is 3. The van der Waals surface area contributed by atoms with Crippen molar-refractivity contribution in [2.75, 3.05) is 6.61 Å². The predicted octanol–water partition coefficient (Wildman–Crippen LogP) is 2.96. The van der Waals surface area contributed by atoms with Crippen molar-refractivity contribution in [2.45, 2.75) is 84.2 Å². The Morgan fingerprint density at radius 1 is 1.18 bits per heavy atom. The highest BCUT2D eigenvalue weighted by Gasteiger charge is 2.62. The van der Waals surface area contributed by atoms with E-state index in [1.54, 1.807) is 6.92 Å². The minimum Gasteiger partial charge on any atom is -0.462 e. The molecule has 0 N–H and O–H groups in total. The number of hydrogen-bond acceptors (Lipinski definition) is 6. The number of carbonyl (C=O) groups is 3. The number of hydrogen-bond donors (Lipinski definition) is 0. The summed E-state index contributed by atoms with van der Waals surface area (Å²) in [5, 5.41) is 0. The van der Waals surface area contributed by atoms with Crippen molar-refractivity contribution < 1.29 is 28.6 Å². The number of ketones is 1. The van der Waals surface area contributed by atoms with Crippen molar-refractivity contribution in [3.63, 3.8) is 0 Å². The van der Waals surface area contributed by atoms with Gasteiger partial charge in [-0.2, -0.15) is 0 Å². The molecule has 0 aromatic heterocycles. The van der Waals surface area contributed by atoms with Crippen LogP contribution in [0.2, 0.25) is 0 Å². The molecule has 6 heteroatoms. The fraction of sp³-hybridized carbons (Fsp3) is 0.864. The van der Waals surface area contributed by atoms with Gasteiger partial charge in [-0.25, -0.2) is 0 Å². The van der Waals surface area contributed by atoms with Gasteiger partial charge in [-0.15, -0.1) is 0 Å². The van der Waals surface area contributed by atoms with E-state index in [4.69, 9.17) is 14.2 Å². The molecule has 0 amide bonds. The van der Waals surface area contributed by atoms with Gasteiger partial charge in [0.15, 0.2) is 0 Å². The topological polar surface area (TPSA) is 78.9 Å². The maximum atomic E-state index is 12.0. The summed E-state index contributed by atoms with van der Waals surface area (Å²) in [6, 6.07) is 0. The number of aldehydes is 1. The van der Waals surface area contributed by atoms with Crippen LogP contribution in [0.4, 0.5) is 0 Å². The van der Waals surface area contributed by atoms with E-state index in [1.807, 2.05) is 6.92 Å². The first kappa shape index (κ1) is 21.4. The zero-order valence-corrected chi connectivity index (χ0v) is 17.7. The average molecular weight is 395 g/mol. The molecule has 0 aromatic rings. The molecule has 1 aliphatic carbocycles. The Morgan fingerprint density at radius 2 is 1.89 bits per heavy atom. The van der Waals surface area contributed by atoms with Gasteiger partial charge in [-0.1, -0.05) is 13.8 Å². The lowest BCUT2D eigenvalue weighted by atomic mass is 9.59. The summed E-state index contributed by atoms with van der Waals surface area (Å²) in [6.07, 6.45) is 2.43. The summed E-state index contributed by atoms with van der Waals surface area (Å²) in [5.41, 5.74) is -0.584. The van der Waals surface area contributed by atoms with Crippen molar-refractivity contribution in [2.24, 2.45) is 29.6 Å². The molecular formula is C22H34O6. The summed E-state index contributed by atoms with van der Waals surface area (Å²) in [7, 11) is 0. The van der Waals surface area contributed by atoms with Crippen molar-refractivity contribution >= 4 is 18.0 Å². The lowest BCUT2D eigenvalue weighted by Crippen LogP contribution is -2.51. The van der Waals surface area contributed by atoms with Crippen molar-refractivity contribution in [3.05, 3.63) is 0 Å². The van der Waals surface area contributed by atoms with Gasteiger partial charge >= 0.3 is 5.97 Å². The van der Waals surface area contributed by atoms with Crippen LogP contribution >= 0.6 is 0 Å². The molecule has 2 saturated heterocycles. The molecule has 158 valence electrons. The Labute approximate surface area is 167 Å². The van der Waals surface area contributed by atoms with Crippen LogP contribution in [0.15, 0.2) is 0 Å². The summed E-state index contributed by atoms with van der Waals surface area (Å²) in [6.45, 7) is 10.0. The van der Waals surface area contributed by atoms with E-state index in [1.165, 1.54) is 6.92 Å². The monoisotopic (exact) mass is 394 g/mol. The first-order valence-corrected chi connectivity index (χ1v) is 10.6. The SMILES string of the molecule is CC(=O)C[C@@H]1O[C@H]2[C@H]3[C@@H](C[C@@H](C)[C@@H](OC(C)=O)[C@H]31)[C@@H](C)CO[C@@]2(C)CCC=O. The van der Waals surface area contributed by atoms with Crippen molar-refractivity contribution in [1.29, 1.82) is 0 Å². The van der Waals surface area contributed by atoms with Gasteiger partial charge in [-0.05, 0) is 50.4 Å². The Hall–Kier alpha value is -1.27.